The molecule has 24 heavy (non-hydrogen) atoms. The molecule has 7 nitrogen and oxygen atoms in total. The van der Waals surface area contributed by atoms with Crippen molar-refractivity contribution in [2.24, 2.45) is 5.92 Å². The van der Waals surface area contributed by atoms with Crippen LogP contribution in [-0.4, -0.2) is 53.5 Å². The van der Waals surface area contributed by atoms with Gasteiger partial charge in [-0.15, -0.1) is 0 Å². The second-order valence-electron chi connectivity index (χ2n) is 6.06. The topological polar surface area (TPSA) is 77.7 Å². The summed E-state index contributed by atoms with van der Waals surface area (Å²) in [5.74, 6) is 0.814. The van der Waals surface area contributed by atoms with Crippen LogP contribution < -0.4 is 0 Å². The second-order valence-corrected chi connectivity index (χ2v) is 6.06. The Morgan fingerprint density at radius 2 is 2.00 bits per heavy atom. The number of piperidine rings is 1. The molecule has 0 saturated carbocycles. The van der Waals surface area contributed by atoms with Crippen molar-refractivity contribution in [1.29, 1.82) is 0 Å². The molecule has 1 amide bonds. The van der Waals surface area contributed by atoms with Crippen LogP contribution in [0.1, 0.15) is 23.3 Å². The Bertz CT molecular complexity index is 689. The van der Waals surface area contributed by atoms with Gasteiger partial charge in [-0.3, -0.25) is 9.78 Å². The summed E-state index contributed by atoms with van der Waals surface area (Å²) in [4.78, 5) is 18.5. The van der Waals surface area contributed by atoms with Crippen LogP contribution in [0.15, 0.2) is 35.1 Å². The van der Waals surface area contributed by atoms with E-state index < -0.39 is 0 Å². The third-order valence-electron chi connectivity index (χ3n) is 4.53. The fraction of sp³-hybridized carbons (Fsp3) is 0.471. The minimum absolute atomic E-state index is 0.0967. The van der Waals surface area contributed by atoms with Gasteiger partial charge in [0.15, 0.2) is 17.7 Å². The summed E-state index contributed by atoms with van der Waals surface area (Å²) in [5.41, 5.74) is 1.14. The van der Waals surface area contributed by atoms with E-state index in [1.807, 2.05) is 17.0 Å². The van der Waals surface area contributed by atoms with Crippen LogP contribution in [-0.2, 0) is 9.47 Å². The van der Waals surface area contributed by atoms with Gasteiger partial charge in [0.05, 0.1) is 13.2 Å². The van der Waals surface area contributed by atoms with Crippen LogP contribution in [0.25, 0.3) is 11.3 Å². The molecule has 2 aliphatic heterocycles. The number of likely N-dealkylation sites (tertiary alicyclic amines) is 1. The first kappa shape index (κ1) is 15.3. The van der Waals surface area contributed by atoms with Crippen LogP contribution in [0.4, 0.5) is 0 Å². The maximum atomic E-state index is 12.6. The molecule has 0 bridgehead atoms. The van der Waals surface area contributed by atoms with Crippen molar-refractivity contribution >= 4 is 5.91 Å². The van der Waals surface area contributed by atoms with E-state index >= 15 is 0 Å². The molecule has 0 N–H and O–H groups in total. The van der Waals surface area contributed by atoms with Crippen LogP contribution in [0.3, 0.4) is 0 Å². The maximum Gasteiger partial charge on any atom is 0.276 e. The maximum absolute atomic E-state index is 12.6. The predicted octanol–water partition coefficient (Wildman–Crippen LogP) is 1.96. The highest BCUT2D eigenvalue weighted by Crippen LogP contribution is 2.27. The summed E-state index contributed by atoms with van der Waals surface area (Å²) in [7, 11) is 0. The number of hydrogen-bond acceptors (Lipinski definition) is 6. The molecule has 2 aromatic rings. The molecule has 0 radical (unpaired) electrons. The lowest BCUT2D eigenvalue weighted by molar-refractivity contribution is -0.0956. The largest absolute Gasteiger partial charge is 0.355 e. The number of pyridine rings is 1. The molecular formula is C17H19N3O4. The molecule has 2 aromatic heterocycles. The number of rotatable bonds is 3. The Labute approximate surface area is 139 Å². The van der Waals surface area contributed by atoms with Gasteiger partial charge in [0, 0.05) is 43.0 Å². The van der Waals surface area contributed by atoms with E-state index in [2.05, 4.69) is 10.1 Å². The molecule has 0 unspecified atom stereocenters. The first-order chi connectivity index (χ1) is 11.8. The van der Waals surface area contributed by atoms with E-state index in [9.17, 15) is 4.79 Å². The SMILES string of the molecule is O=C(c1cc(-c2cccnc2)on1)N1CCC(C2OCCO2)CC1. The summed E-state index contributed by atoms with van der Waals surface area (Å²) in [6, 6.07) is 5.36. The Hall–Kier alpha value is -2.25. The molecule has 7 heteroatoms. The van der Waals surface area contributed by atoms with Gasteiger partial charge in [-0.05, 0) is 25.0 Å². The number of aromatic nitrogens is 2. The first-order valence-electron chi connectivity index (χ1n) is 8.21. The zero-order valence-electron chi connectivity index (χ0n) is 13.3. The van der Waals surface area contributed by atoms with Crippen molar-refractivity contribution in [3.05, 3.63) is 36.3 Å². The van der Waals surface area contributed by atoms with E-state index in [0.29, 0.717) is 43.7 Å². The summed E-state index contributed by atoms with van der Waals surface area (Å²) in [5, 5.41) is 3.92. The normalized spacial score (nSPS) is 19.8. The number of carbonyl (C=O) groups excluding carboxylic acids is 1. The van der Waals surface area contributed by atoms with Crippen molar-refractivity contribution in [2.45, 2.75) is 19.1 Å². The quantitative estimate of drug-likeness (QED) is 0.857. The smallest absolute Gasteiger partial charge is 0.276 e. The Kier molecular flexibility index (Phi) is 4.27. The van der Waals surface area contributed by atoms with Gasteiger partial charge < -0.3 is 18.9 Å². The summed E-state index contributed by atoms with van der Waals surface area (Å²) >= 11 is 0. The Balaban J connectivity index is 1.39. The lowest BCUT2D eigenvalue weighted by Gasteiger charge is -2.33. The molecule has 4 rings (SSSR count). The number of ether oxygens (including phenoxy) is 2. The van der Waals surface area contributed by atoms with Crippen molar-refractivity contribution in [2.75, 3.05) is 26.3 Å². The minimum Gasteiger partial charge on any atom is -0.355 e. The average Bonchev–Trinajstić information content (AvgIpc) is 3.34. The van der Waals surface area contributed by atoms with Gasteiger partial charge in [-0.25, -0.2) is 0 Å². The van der Waals surface area contributed by atoms with Gasteiger partial charge in [-0.1, -0.05) is 5.16 Å². The number of carbonyl (C=O) groups is 1. The van der Waals surface area contributed by atoms with Crippen LogP contribution in [0.2, 0.25) is 0 Å². The summed E-state index contributed by atoms with van der Waals surface area (Å²) in [6.07, 6.45) is 5.02. The Morgan fingerprint density at radius 3 is 2.71 bits per heavy atom. The molecule has 2 saturated heterocycles. The highest BCUT2D eigenvalue weighted by Gasteiger charge is 2.32. The van der Waals surface area contributed by atoms with E-state index in [0.717, 1.165) is 18.4 Å². The van der Waals surface area contributed by atoms with E-state index in [4.69, 9.17) is 14.0 Å². The number of hydrogen-bond donors (Lipinski definition) is 0. The molecule has 0 atom stereocenters. The number of amides is 1. The highest BCUT2D eigenvalue weighted by molar-refractivity contribution is 5.93. The third-order valence-corrected chi connectivity index (χ3v) is 4.53. The third kappa shape index (κ3) is 3.05. The summed E-state index contributed by atoms with van der Waals surface area (Å²) in [6.45, 7) is 2.70. The van der Waals surface area contributed by atoms with Crippen LogP contribution >= 0.6 is 0 Å². The highest BCUT2D eigenvalue weighted by atomic mass is 16.7. The lowest BCUT2D eigenvalue weighted by Crippen LogP contribution is -2.41. The average molecular weight is 329 g/mol. The minimum atomic E-state index is -0.105. The van der Waals surface area contributed by atoms with Gasteiger partial charge in [-0.2, -0.15) is 0 Å². The molecule has 0 aliphatic carbocycles. The lowest BCUT2D eigenvalue weighted by atomic mass is 9.96. The monoisotopic (exact) mass is 329 g/mol. The van der Waals surface area contributed by atoms with Crippen molar-refractivity contribution in [1.82, 2.24) is 15.0 Å². The summed E-state index contributed by atoms with van der Waals surface area (Å²) < 4.78 is 16.4. The molecular weight excluding hydrogens is 310 g/mol. The van der Waals surface area contributed by atoms with E-state index in [1.54, 1.807) is 18.5 Å². The molecule has 0 aromatic carbocycles. The zero-order valence-corrected chi connectivity index (χ0v) is 13.3. The molecule has 4 heterocycles. The fourth-order valence-electron chi connectivity index (χ4n) is 3.21. The number of nitrogens with zero attached hydrogens (tertiary/aromatic N) is 3. The molecule has 0 spiro atoms. The van der Waals surface area contributed by atoms with Crippen LogP contribution in [0.5, 0.6) is 0 Å². The standard InChI is InChI=1S/C17H19N3O4/c21-16(14-10-15(24-19-14)13-2-1-5-18-11-13)20-6-3-12(4-7-20)17-22-8-9-23-17/h1-2,5,10-12,17H,3-4,6-9H2. The Morgan fingerprint density at radius 1 is 1.21 bits per heavy atom. The van der Waals surface area contributed by atoms with E-state index in [-0.39, 0.29) is 12.2 Å². The van der Waals surface area contributed by atoms with E-state index in [1.165, 1.54) is 0 Å². The van der Waals surface area contributed by atoms with Gasteiger partial charge in [0.25, 0.3) is 5.91 Å². The fourth-order valence-corrected chi connectivity index (χ4v) is 3.21. The zero-order chi connectivity index (χ0) is 16.4. The van der Waals surface area contributed by atoms with Gasteiger partial charge in [0.1, 0.15) is 0 Å². The molecule has 126 valence electrons. The first-order valence-corrected chi connectivity index (χ1v) is 8.21. The predicted molar refractivity (Wildman–Crippen MR) is 84.1 cm³/mol. The second kappa shape index (κ2) is 6.70. The van der Waals surface area contributed by atoms with Crippen molar-refractivity contribution in [3.8, 4) is 11.3 Å². The van der Waals surface area contributed by atoms with Gasteiger partial charge >= 0.3 is 0 Å². The molecule has 2 fully saturated rings. The van der Waals surface area contributed by atoms with Crippen LogP contribution in [0, 0.1) is 5.92 Å². The van der Waals surface area contributed by atoms with Crippen molar-refractivity contribution < 1.29 is 18.8 Å². The van der Waals surface area contributed by atoms with Gasteiger partial charge in [0.2, 0.25) is 0 Å². The van der Waals surface area contributed by atoms with Crippen molar-refractivity contribution in [3.63, 3.8) is 0 Å². The molecule has 2 aliphatic rings.